The average molecular weight is 378 g/mol. The zero-order chi connectivity index (χ0) is 17.4. The lowest BCUT2D eigenvalue weighted by Gasteiger charge is -2.27. The molecule has 1 fully saturated rings. The topological polar surface area (TPSA) is 58.0 Å². The molecule has 2 aliphatic carbocycles. The van der Waals surface area contributed by atoms with Gasteiger partial charge in [-0.25, -0.2) is 9.97 Å². The lowest BCUT2D eigenvalue weighted by molar-refractivity contribution is 0.126. The third-order valence-electron chi connectivity index (χ3n) is 5.09. The van der Waals surface area contributed by atoms with Gasteiger partial charge in [-0.2, -0.15) is 0 Å². The van der Waals surface area contributed by atoms with Crippen molar-refractivity contribution >= 4 is 29.0 Å². The Morgan fingerprint density at radius 2 is 1.68 bits per heavy atom. The van der Waals surface area contributed by atoms with Gasteiger partial charge in [0.25, 0.3) is 0 Å². The molecule has 0 amide bonds. The monoisotopic (exact) mass is 377 g/mol. The van der Waals surface area contributed by atoms with Gasteiger partial charge in [0.2, 0.25) is 0 Å². The Bertz CT molecular complexity index is 768. The van der Waals surface area contributed by atoms with E-state index in [9.17, 15) is 5.11 Å². The highest BCUT2D eigenvalue weighted by atomic mass is 35.5. The van der Waals surface area contributed by atoms with Crippen LogP contribution in [0.4, 0.5) is 5.82 Å². The number of aliphatic hydroxyl groups excluding tert-OH is 1. The molecule has 1 aromatic carbocycles. The summed E-state index contributed by atoms with van der Waals surface area (Å²) in [5, 5.41) is 14.5. The molecule has 0 unspecified atom stereocenters. The highest BCUT2D eigenvalue weighted by Crippen LogP contribution is 2.33. The maximum Gasteiger partial charge on any atom is 0.161 e. The Hall–Kier alpha value is -1.36. The number of aromatic nitrogens is 2. The summed E-state index contributed by atoms with van der Waals surface area (Å²) in [4.78, 5) is 9.57. The highest BCUT2D eigenvalue weighted by molar-refractivity contribution is 6.35. The number of benzene rings is 1. The van der Waals surface area contributed by atoms with Crippen LogP contribution in [0.3, 0.4) is 0 Å². The molecule has 2 aromatic rings. The Morgan fingerprint density at radius 1 is 0.960 bits per heavy atom. The van der Waals surface area contributed by atoms with Crippen LogP contribution in [0.2, 0.25) is 10.0 Å². The van der Waals surface area contributed by atoms with Crippen LogP contribution in [0.15, 0.2) is 18.2 Å². The van der Waals surface area contributed by atoms with Crippen LogP contribution in [0.1, 0.15) is 43.4 Å². The second kappa shape index (κ2) is 7.10. The predicted molar refractivity (Wildman–Crippen MR) is 101 cm³/mol. The van der Waals surface area contributed by atoms with Gasteiger partial charge in [0.1, 0.15) is 5.82 Å². The molecule has 132 valence electrons. The average Bonchev–Trinajstić information content (AvgIpc) is 3.05. The van der Waals surface area contributed by atoms with Crippen molar-refractivity contribution in [1.82, 2.24) is 9.97 Å². The molecule has 0 radical (unpaired) electrons. The van der Waals surface area contributed by atoms with Gasteiger partial charge in [0.15, 0.2) is 5.82 Å². The van der Waals surface area contributed by atoms with Crippen LogP contribution in [0.25, 0.3) is 11.4 Å². The van der Waals surface area contributed by atoms with Crippen LogP contribution in [0.5, 0.6) is 0 Å². The number of halogens is 2. The molecule has 0 bridgehead atoms. The smallest absolute Gasteiger partial charge is 0.161 e. The SMILES string of the molecule is OC1CCC(Nc2nc(-c3cc(Cl)cc(Cl)c3)nc3c2CCC3)CC1. The summed E-state index contributed by atoms with van der Waals surface area (Å²) in [7, 11) is 0. The van der Waals surface area contributed by atoms with Gasteiger partial charge in [-0.15, -0.1) is 0 Å². The minimum Gasteiger partial charge on any atom is -0.393 e. The summed E-state index contributed by atoms with van der Waals surface area (Å²) in [5.74, 6) is 1.61. The van der Waals surface area contributed by atoms with E-state index in [1.165, 1.54) is 5.56 Å². The fourth-order valence-corrected chi connectivity index (χ4v) is 4.30. The van der Waals surface area contributed by atoms with Crippen molar-refractivity contribution in [3.63, 3.8) is 0 Å². The van der Waals surface area contributed by atoms with Crippen molar-refractivity contribution in [3.8, 4) is 11.4 Å². The fourth-order valence-electron chi connectivity index (χ4n) is 3.78. The lowest BCUT2D eigenvalue weighted by Crippen LogP contribution is -2.29. The van der Waals surface area contributed by atoms with E-state index in [0.29, 0.717) is 21.9 Å². The fraction of sp³-hybridized carbons (Fsp3) is 0.474. The summed E-state index contributed by atoms with van der Waals surface area (Å²) < 4.78 is 0. The largest absolute Gasteiger partial charge is 0.393 e. The molecule has 2 aliphatic rings. The zero-order valence-corrected chi connectivity index (χ0v) is 15.4. The second-order valence-corrected chi connectivity index (χ2v) is 7.86. The van der Waals surface area contributed by atoms with E-state index < -0.39 is 0 Å². The van der Waals surface area contributed by atoms with Crippen LogP contribution in [-0.4, -0.2) is 27.2 Å². The van der Waals surface area contributed by atoms with E-state index in [1.807, 2.05) is 12.1 Å². The molecular weight excluding hydrogens is 357 g/mol. The number of rotatable bonds is 3. The van der Waals surface area contributed by atoms with Gasteiger partial charge in [-0.05, 0) is 63.1 Å². The zero-order valence-electron chi connectivity index (χ0n) is 13.9. The maximum atomic E-state index is 9.71. The number of anilines is 1. The Labute approximate surface area is 157 Å². The molecule has 1 saturated carbocycles. The standard InChI is InChI=1S/C19H21Cl2N3O/c20-12-8-11(9-13(21)10-12)18-23-17-3-1-2-16(17)19(24-18)22-14-4-6-15(25)7-5-14/h8-10,14-15,25H,1-7H2,(H,22,23,24). The van der Waals surface area contributed by atoms with E-state index in [-0.39, 0.29) is 6.10 Å². The number of nitrogens with zero attached hydrogens (tertiary/aromatic N) is 2. The Balaban J connectivity index is 1.68. The van der Waals surface area contributed by atoms with Crippen LogP contribution in [-0.2, 0) is 12.8 Å². The first-order valence-corrected chi connectivity index (χ1v) is 9.65. The third-order valence-corrected chi connectivity index (χ3v) is 5.53. The van der Waals surface area contributed by atoms with E-state index in [2.05, 4.69) is 5.32 Å². The number of aryl methyl sites for hydroxylation is 1. The van der Waals surface area contributed by atoms with Crippen molar-refractivity contribution in [2.75, 3.05) is 5.32 Å². The molecule has 6 heteroatoms. The predicted octanol–water partition coefficient (Wildman–Crippen LogP) is 4.65. The van der Waals surface area contributed by atoms with Crippen LogP contribution >= 0.6 is 23.2 Å². The van der Waals surface area contributed by atoms with E-state index >= 15 is 0 Å². The molecule has 1 heterocycles. The van der Waals surface area contributed by atoms with Crippen molar-refractivity contribution in [1.29, 1.82) is 0 Å². The quantitative estimate of drug-likeness (QED) is 0.816. The molecule has 0 atom stereocenters. The van der Waals surface area contributed by atoms with Crippen LogP contribution < -0.4 is 5.32 Å². The number of hydrogen-bond donors (Lipinski definition) is 2. The first-order valence-electron chi connectivity index (χ1n) is 8.89. The lowest BCUT2D eigenvalue weighted by atomic mass is 9.93. The summed E-state index contributed by atoms with van der Waals surface area (Å²) in [6.07, 6.45) is 6.60. The molecular formula is C19H21Cl2N3O. The second-order valence-electron chi connectivity index (χ2n) is 6.98. The van der Waals surface area contributed by atoms with Crippen molar-refractivity contribution in [2.24, 2.45) is 0 Å². The first-order chi connectivity index (χ1) is 12.1. The molecule has 4 rings (SSSR count). The number of hydrogen-bond acceptors (Lipinski definition) is 4. The molecule has 25 heavy (non-hydrogen) atoms. The number of nitrogens with one attached hydrogen (secondary N) is 1. The minimum absolute atomic E-state index is 0.154. The molecule has 1 aromatic heterocycles. The van der Waals surface area contributed by atoms with E-state index in [1.54, 1.807) is 6.07 Å². The van der Waals surface area contributed by atoms with Gasteiger partial charge in [0.05, 0.1) is 6.10 Å². The Morgan fingerprint density at radius 3 is 2.40 bits per heavy atom. The van der Waals surface area contributed by atoms with Gasteiger partial charge >= 0.3 is 0 Å². The summed E-state index contributed by atoms with van der Waals surface area (Å²) in [6.45, 7) is 0. The number of fused-ring (bicyclic) bond motifs is 1. The summed E-state index contributed by atoms with van der Waals surface area (Å²) >= 11 is 12.3. The summed E-state index contributed by atoms with van der Waals surface area (Å²) in [5.41, 5.74) is 3.21. The molecule has 0 spiro atoms. The van der Waals surface area contributed by atoms with Gasteiger partial charge in [-0.3, -0.25) is 0 Å². The van der Waals surface area contributed by atoms with E-state index in [0.717, 1.165) is 62.0 Å². The maximum absolute atomic E-state index is 9.71. The van der Waals surface area contributed by atoms with Crippen LogP contribution in [0, 0.1) is 0 Å². The number of aliphatic hydroxyl groups is 1. The van der Waals surface area contributed by atoms with E-state index in [4.69, 9.17) is 33.2 Å². The first kappa shape index (κ1) is 17.1. The van der Waals surface area contributed by atoms with Gasteiger partial charge in [-0.1, -0.05) is 23.2 Å². The minimum atomic E-state index is -0.154. The van der Waals surface area contributed by atoms with Crippen molar-refractivity contribution in [3.05, 3.63) is 39.5 Å². The van der Waals surface area contributed by atoms with Gasteiger partial charge in [0, 0.05) is 32.9 Å². The molecule has 2 N–H and O–H groups in total. The normalized spacial score (nSPS) is 22.7. The van der Waals surface area contributed by atoms with Crippen molar-refractivity contribution in [2.45, 2.75) is 57.1 Å². The Kier molecular flexibility index (Phi) is 4.85. The summed E-state index contributed by atoms with van der Waals surface area (Å²) in [6, 6.07) is 5.78. The van der Waals surface area contributed by atoms with Gasteiger partial charge < -0.3 is 10.4 Å². The molecule has 0 saturated heterocycles. The highest BCUT2D eigenvalue weighted by Gasteiger charge is 2.24. The third kappa shape index (κ3) is 3.76. The molecule has 0 aliphatic heterocycles. The van der Waals surface area contributed by atoms with Crippen molar-refractivity contribution < 1.29 is 5.11 Å². The molecule has 4 nitrogen and oxygen atoms in total.